The molecule has 1 aromatic carbocycles. The van der Waals surface area contributed by atoms with Gasteiger partial charge in [-0.1, -0.05) is 12.1 Å². The van der Waals surface area contributed by atoms with Gasteiger partial charge in [0.05, 0.1) is 6.04 Å². The molecular weight excluding hydrogens is 321 g/mol. The standard InChI is InChI=1S/C17H21F3N2O2/c1-11(12-3-2-4-13(9-12)24-17(18,19)20)22-15(23)14-10-16(14)5-7-21-8-6-16/h2-4,9,11,14,21H,5-8,10H2,1H3,(H,22,23). The topological polar surface area (TPSA) is 50.4 Å². The molecule has 2 atom stereocenters. The first-order chi connectivity index (χ1) is 11.3. The zero-order chi connectivity index (χ0) is 17.4. The fourth-order valence-electron chi connectivity index (χ4n) is 3.57. The summed E-state index contributed by atoms with van der Waals surface area (Å²) in [6.45, 7) is 3.65. The molecule has 2 fully saturated rings. The fraction of sp³-hybridized carbons (Fsp3) is 0.588. The van der Waals surface area contributed by atoms with E-state index < -0.39 is 6.36 Å². The predicted octanol–water partition coefficient (Wildman–Crippen LogP) is 3.15. The van der Waals surface area contributed by atoms with Gasteiger partial charge in [-0.05, 0) is 62.4 Å². The molecule has 0 radical (unpaired) electrons. The van der Waals surface area contributed by atoms with Crippen LogP contribution < -0.4 is 15.4 Å². The molecule has 1 saturated carbocycles. The molecule has 0 aromatic heterocycles. The van der Waals surface area contributed by atoms with Crippen LogP contribution in [0.1, 0.15) is 37.8 Å². The Kier molecular flexibility index (Phi) is 4.46. The van der Waals surface area contributed by atoms with Gasteiger partial charge >= 0.3 is 6.36 Å². The highest BCUT2D eigenvalue weighted by Gasteiger charge is 2.57. The Morgan fingerprint density at radius 3 is 2.75 bits per heavy atom. The summed E-state index contributed by atoms with van der Waals surface area (Å²) in [5, 5.41) is 6.22. The highest BCUT2D eigenvalue weighted by Crippen LogP contribution is 2.58. The summed E-state index contributed by atoms with van der Waals surface area (Å²) in [5.74, 6) is -0.259. The number of carbonyl (C=O) groups excluding carboxylic acids is 1. The molecule has 0 bridgehead atoms. The number of benzene rings is 1. The highest BCUT2D eigenvalue weighted by atomic mass is 19.4. The molecule has 1 aromatic rings. The van der Waals surface area contributed by atoms with Crippen molar-refractivity contribution in [2.45, 2.75) is 38.6 Å². The van der Waals surface area contributed by atoms with Gasteiger partial charge in [0.15, 0.2) is 0 Å². The van der Waals surface area contributed by atoms with Crippen molar-refractivity contribution in [2.24, 2.45) is 11.3 Å². The number of alkyl halides is 3. The highest BCUT2D eigenvalue weighted by molar-refractivity contribution is 5.83. The van der Waals surface area contributed by atoms with Gasteiger partial charge in [0.1, 0.15) is 5.75 Å². The quantitative estimate of drug-likeness (QED) is 0.884. The molecule has 2 aliphatic rings. The fourth-order valence-corrected chi connectivity index (χ4v) is 3.57. The molecule has 7 heteroatoms. The van der Waals surface area contributed by atoms with Crippen LogP contribution >= 0.6 is 0 Å². The average molecular weight is 342 g/mol. The van der Waals surface area contributed by atoms with Gasteiger partial charge in [-0.15, -0.1) is 13.2 Å². The summed E-state index contributed by atoms with van der Waals surface area (Å²) in [7, 11) is 0. The first-order valence-electron chi connectivity index (χ1n) is 8.16. The molecule has 2 N–H and O–H groups in total. The average Bonchev–Trinajstić information content (AvgIpc) is 3.20. The van der Waals surface area contributed by atoms with Crippen LogP contribution in [-0.2, 0) is 4.79 Å². The van der Waals surface area contributed by atoms with E-state index in [1.807, 2.05) is 0 Å². The van der Waals surface area contributed by atoms with Crippen molar-refractivity contribution in [2.75, 3.05) is 13.1 Å². The minimum Gasteiger partial charge on any atom is -0.406 e. The summed E-state index contributed by atoms with van der Waals surface area (Å²) in [5.41, 5.74) is 0.723. The maximum Gasteiger partial charge on any atom is 0.573 e. The van der Waals surface area contributed by atoms with Crippen LogP contribution in [0.5, 0.6) is 5.75 Å². The summed E-state index contributed by atoms with van der Waals surface area (Å²) in [4.78, 5) is 12.4. The first kappa shape index (κ1) is 17.1. The molecule has 1 amide bonds. The van der Waals surface area contributed by atoms with Crippen molar-refractivity contribution in [3.8, 4) is 5.75 Å². The van der Waals surface area contributed by atoms with Crippen molar-refractivity contribution in [1.29, 1.82) is 0 Å². The van der Waals surface area contributed by atoms with Gasteiger partial charge in [-0.2, -0.15) is 0 Å². The Morgan fingerprint density at radius 1 is 1.38 bits per heavy atom. The third-order valence-electron chi connectivity index (χ3n) is 5.06. The SMILES string of the molecule is CC(NC(=O)C1CC12CCNCC2)c1cccc(OC(F)(F)F)c1. The molecule has 24 heavy (non-hydrogen) atoms. The lowest BCUT2D eigenvalue weighted by Crippen LogP contribution is -2.34. The number of piperidine rings is 1. The zero-order valence-electron chi connectivity index (χ0n) is 13.5. The van der Waals surface area contributed by atoms with E-state index in [1.54, 1.807) is 13.0 Å². The molecule has 1 aliphatic carbocycles. The Morgan fingerprint density at radius 2 is 2.08 bits per heavy atom. The smallest absolute Gasteiger partial charge is 0.406 e. The van der Waals surface area contributed by atoms with E-state index in [1.165, 1.54) is 18.2 Å². The van der Waals surface area contributed by atoms with E-state index >= 15 is 0 Å². The van der Waals surface area contributed by atoms with Crippen LogP contribution in [0.3, 0.4) is 0 Å². The second-order valence-electron chi connectivity index (χ2n) is 6.72. The van der Waals surface area contributed by atoms with Crippen molar-refractivity contribution in [3.05, 3.63) is 29.8 Å². The zero-order valence-corrected chi connectivity index (χ0v) is 13.5. The second-order valence-corrected chi connectivity index (χ2v) is 6.72. The normalized spacial score (nSPS) is 23.6. The third kappa shape index (κ3) is 3.83. The number of carbonyl (C=O) groups is 1. The second kappa shape index (κ2) is 6.27. The van der Waals surface area contributed by atoms with Gasteiger partial charge in [-0.3, -0.25) is 4.79 Å². The Balaban J connectivity index is 1.60. The van der Waals surface area contributed by atoms with Crippen molar-refractivity contribution < 1.29 is 22.7 Å². The van der Waals surface area contributed by atoms with Crippen molar-refractivity contribution in [1.82, 2.24) is 10.6 Å². The van der Waals surface area contributed by atoms with Gasteiger partial charge in [-0.25, -0.2) is 0 Å². The van der Waals surface area contributed by atoms with E-state index in [0.29, 0.717) is 5.56 Å². The summed E-state index contributed by atoms with van der Waals surface area (Å²) in [6.07, 6.45) is -1.80. The van der Waals surface area contributed by atoms with Gasteiger partial charge in [0.2, 0.25) is 5.91 Å². The van der Waals surface area contributed by atoms with Crippen LogP contribution in [0.4, 0.5) is 13.2 Å². The van der Waals surface area contributed by atoms with Gasteiger partial charge in [0, 0.05) is 5.92 Å². The van der Waals surface area contributed by atoms with Gasteiger partial charge < -0.3 is 15.4 Å². The van der Waals surface area contributed by atoms with E-state index in [-0.39, 0.29) is 29.0 Å². The molecule has 132 valence electrons. The monoisotopic (exact) mass is 342 g/mol. The number of hydrogen-bond donors (Lipinski definition) is 2. The summed E-state index contributed by atoms with van der Waals surface area (Å²) in [6, 6.07) is 5.36. The maximum atomic E-state index is 12.4. The molecular formula is C17H21F3N2O2. The minimum absolute atomic E-state index is 0.00783. The molecule has 1 saturated heterocycles. The molecule has 4 nitrogen and oxygen atoms in total. The molecule has 3 rings (SSSR count). The number of hydrogen-bond acceptors (Lipinski definition) is 3. The number of rotatable bonds is 4. The van der Waals surface area contributed by atoms with Crippen LogP contribution in [-0.4, -0.2) is 25.4 Å². The number of nitrogens with one attached hydrogen (secondary N) is 2. The minimum atomic E-state index is -4.72. The summed E-state index contributed by atoms with van der Waals surface area (Å²) < 4.78 is 40.8. The lowest BCUT2D eigenvalue weighted by Gasteiger charge is -2.24. The van der Waals surface area contributed by atoms with E-state index in [2.05, 4.69) is 15.4 Å². The molecule has 1 aliphatic heterocycles. The van der Waals surface area contributed by atoms with Crippen LogP contribution in [0, 0.1) is 11.3 Å². The molecule has 1 heterocycles. The van der Waals surface area contributed by atoms with Crippen LogP contribution in [0.15, 0.2) is 24.3 Å². The van der Waals surface area contributed by atoms with E-state index in [9.17, 15) is 18.0 Å². The first-order valence-corrected chi connectivity index (χ1v) is 8.16. The van der Waals surface area contributed by atoms with Crippen LogP contribution in [0.25, 0.3) is 0 Å². The van der Waals surface area contributed by atoms with E-state index in [4.69, 9.17) is 0 Å². The lowest BCUT2D eigenvalue weighted by molar-refractivity contribution is -0.274. The van der Waals surface area contributed by atoms with Crippen molar-refractivity contribution >= 4 is 5.91 Å². The summed E-state index contributed by atoms with van der Waals surface area (Å²) >= 11 is 0. The van der Waals surface area contributed by atoms with Crippen LogP contribution in [0.2, 0.25) is 0 Å². The van der Waals surface area contributed by atoms with Crippen molar-refractivity contribution in [3.63, 3.8) is 0 Å². The third-order valence-corrected chi connectivity index (χ3v) is 5.06. The Hall–Kier alpha value is -1.76. The molecule has 2 unspecified atom stereocenters. The largest absolute Gasteiger partial charge is 0.573 e. The number of ether oxygens (including phenoxy) is 1. The predicted molar refractivity (Wildman–Crippen MR) is 82.3 cm³/mol. The van der Waals surface area contributed by atoms with E-state index in [0.717, 1.165) is 32.4 Å². The lowest BCUT2D eigenvalue weighted by atomic mass is 9.91. The van der Waals surface area contributed by atoms with Gasteiger partial charge in [0.25, 0.3) is 0 Å². The maximum absolute atomic E-state index is 12.4. The Bertz CT molecular complexity index is 612. The number of halogens is 3. The molecule has 1 spiro atoms. The number of amides is 1. The Labute approximate surface area is 138 Å².